The Morgan fingerprint density at radius 2 is 1.73 bits per heavy atom. The first kappa shape index (κ1) is 8.23. The average molecular weight is 170 g/mol. The van der Waals surface area contributed by atoms with Crippen molar-refractivity contribution in [3.8, 4) is 0 Å². The molecular weight excluding hydrogens is 162 g/mol. The second kappa shape index (κ2) is 3.02. The van der Waals surface area contributed by atoms with E-state index in [-0.39, 0.29) is 0 Å². The summed E-state index contributed by atoms with van der Waals surface area (Å²) in [5.41, 5.74) is 0.593. The monoisotopic (exact) mass is 170 g/mol. The largest absolute Gasteiger partial charge is 0.228 e. The minimum atomic E-state index is -3.50. The standard InChI is InChI=1S/C7H8NO2S/c8-11(9,10)6-7-4-2-1-3-5-7/h1-6H,(H2,8,9,10). The predicted molar refractivity (Wildman–Crippen MR) is 43.0 cm³/mol. The van der Waals surface area contributed by atoms with Gasteiger partial charge in [0.15, 0.2) is 0 Å². The van der Waals surface area contributed by atoms with Gasteiger partial charge in [-0.2, -0.15) is 0 Å². The van der Waals surface area contributed by atoms with Crippen molar-refractivity contribution >= 4 is 10.0 Å². The van der Waals surface area contributed by atoms with E-state index in [1.807, 2.05) is 0 Å². The van der Waals surface area contributed by atoms with Gasteiger partial charge in [0, 0.05) is 0 Å². The summed E-state index contributed by atoms with van der Waals surface area (Å²) in [6, 6.07) is 8.64. The van der Waals surface area contributed by atoms with Crippen LogP contribution in [0.15, 0.2) is 30.3 Å². The van der Waals surface area contributed by atoms with Gasteiger partial charge in [0.25, 0.3) is 0 Å². The Morgan fingerprint density at radius 1 is 1.18 bits per heavy atom. The summed E-state index contributed by atoms with van der Waals surface area (Å²) in [5, 5.41) is 4.78. The molecule has 0 atom stereocenters. The minimum absolute atomic E-state index is 0.593. The van der Waals surface area contributed by atoms with Crippen molar-refractivity contribution in [1.82, 2.24) is 0 Å². The van der Waals surface area contributed by atoms with E-state index < -0.39 is 10.0 Å². The predicted octanol–water partition coefficient (Wildman–Crippen LogP) is 0.485. The Hall–Kier alpha value is -0.870. The highest BCUT2D eigenvalue weighted by Gasteiger charge is 2.03. The Bertz CT molecular complexity index is 318. The van der Waals surface area contributed by atoms with Crippen LogP contribution < -0.4 is 5.14 Å². The molecule has 11 heavy (non-hydrogen) atoms. The second-order valence-electron chi connectivity index (χ2n) is 2.12. The van der Waals surface area contributed by atoms with Crippen molar-refractivity contribution in [3.63, 3.8) is 0 Å². The van der Waals surface area contributed by atoms with Crippen LogP contribution in [0.1, 0.15) is 5.56 Å². The van der Waals surface area contributed by atoms with Crippen molar-refractivity contribution in [2.75, 3.05) is 0 Å². The van der Waals surface area contributed by atoms with Gasteiger partial charge in [-0.05, 0) is 5.56 Å². The maximum absolute atomic E-state index is 10.5. The number of rotatable bonds is 2. The first-order chi connectivity index (χ1) is 5.08. The molecule has 0 bridgehead atoms. The van der Waals surface area contributed by atoms with Crippen LogP contribution in [0, 0.1) is 5.75 Å². The molecule has 1 aromatic rings. The van der Waals surface area contributed by atoms with Gasteiger partial charge in [-0.1, -0.05) is 30.3 Å². The van der Waals surface area contributed by atoms with E-state index in [2.05, 4.69) is 0 Å². The lowest BCUT2D eigenvalue weighted by Gasteiger charge is -1.95. The summed E-state index contributed by atoms with van der Waals surface area (Å²) in [4.78, 5) is 0. The van der Waals surface area contributed by atoms with E-state index in [4.69, 9.17) is 5.14 Å². The fourth-order valence-electron chi connectivity index (χ4n) is 0.721. The number of primary sulfonamides is 1. The molecule has 0 unspecified atom stereocenters. The zero-order valence-corrected chi connectivity index (χ0v) is 6.58. The van der Waals surface area contributed by atoms with Crippen LogP contribution in [-0.4, -0.2) is 8.42 Å². The fraction of sp³-hybridized carbons (Fsp3) is 0. The van der Waals surface area contributed by atoms with Gasteiger partial charge < -0.3 is 0 Å². The van der Waals surface area contributed by atoms with Crippen molar-refractivity contribution in [3.05, 3.63) is 41.6 Å². The van der Waals surface area contributed by atoms with Crippen molar-refractivity contribution in [2.24, 2.45) is 5.14 Å². The Kier molecular flexibility index (Phi) is 2.26. The normalized spacial score (nSPS) is 11.4. The van der Waals surface area contributed by atoms with E-state index in [1.54, 1.807) is 30.3 Å². The maximum atomic E-state index is 10.5. The SMILES string of the molecule is NS(=O)(=O)[CH]c1ccccc1. The summed E-state index contributed by atoms with van der Waals surface area (Å²) in [6.07, 6.45) is 0. The molecule has 0 aliphatic heterocycles. The highest BCUT2D eigenvalue weighted by atomic mass is 32.2. The molecule has 0 saturated heterocycles. The second-order valence-corrected chi connectivity index (χ2v) is 3.53. The van der Waals surface area contributed by atoms with Crippen LogP contribution in [-0.2, 0) is 10.0 Å². The third-order valence-electron chi connectivity index (χ3n) is 1.10. The molecule has 0 saturated carbocycles. The van der Waals surface area contributed by atoms with Gasteiger partial charge >= 0.3 is 0 Å². The minimum Gasteiger partial charge on any atom is -0.228 e. The number of hydrogen-bond acceptors (Lipinski definition) is 2. The van der Waals surface area contributed by atoms with Gasteiger partial charge in [0.05, 0.1) is 0 Å². The molecule has 0 fully saturated rings. The van der Waals surface area contributed by atoms with E-state index >= 15 is 0 Å². The van der Waals surface area contributed by atoms with Crippen LogP contribution >= 0.6 is 0 Å². The number of nitrogens with two attached hydrogens (primary N) is 1. The molecule has 0 aromatic heterocycles. The number of hydrogen-bond donors (Lipinski definition) is 1. The Morgan fingerprint density at radius 3 is 2.18 bits per heavy atom. The molecule has 1 radical (unpaired) electrons. The van der Waals surface area contributed by atoms with E-state index in [0.717, 1.165) is 5.75 Å². The Balaban J connectivity index is 2.82. The van der Waals surface area contributed by atoms with Crippen molar-refractivity contribution < 1.29 is 8.42 Å². The Labute approximate surface area is 65.9 Å². The van der Waals surface area contributed by atoms with Gasteiger partial charge in [-0.15, -0.1) is 0 Å². The summed E-state index contributed by atoms with van der Waals surface area (Å²) >= 11 is 0. The molecule has 0 aliphatic rings. The smallest absolute Gasteiger partial charge is 0.217 e. The molecule has 0 amide bonds. The average Bonchev–Trinajstić information content (AvgIpc) is 1.85. The third kappa shape index (κ3) is 3.15. The zero-order valence-electron chi connectivity index (χ0n) is 5.77. The maximum Gasteiger partial charge on any atom is 0.217 e. The molecule has 1 rings (SSSR count). The van der Waals surface area contributed by atoms with Crippen LogP contribution in [0.25, 0.3) is 0 Å². The van der Waals surface area contributed by atoms with Gasteiger partial charge in [0.1, 0.15) is 5.75 Å². The van der Waals surface area contributed by atoms with Crippen LogP contribution in [0.5, 0.6) is 0 Å². The quantitative estimate of drug-likeness (QED) is 0.702. The lowest BCUT2D eigenvalue weighted by molar-refractivity contribution is 0.604. The summed E-state index contributed by atoms with van der Waals surface area (Å²) in [5.74, 6) is 1.02. The van der Waals surface area contributed by atoms with Crippen molar-refractivity contribution in [2.45, 2.75) is 0 Å². The van der Waals surface area contributed by atoms with Crippen LogP contribution in [0.3, 0.4) is 0 Å². The molecule has 0 spiro atoms. The molecule has 4 heteroatoms. The topological polar surface area (TPSA) is 60.2 Å². The summed E-state index contributed by atoms with van der Waals surface area (Å²) in [6.45, 7) is 0. The first-order valence-electron chi connectivity index (χ1n) is 3.00. The van der Waals surface area contributed by atoms with Crippen LogP contribution in [0.4, 0.5) is 0 Å². The lowest BCUT2D eigenvalue weighted by atomic mass is 10.2. The van der Waals surface area contributed by atoms with E-state index in [0.29, 0.717) is 5.56 Å². The van der Waals surface area contributed by atoms with Gasteiger partial charge in [0.2, 0.25) is 10.0 Å². The molecule has 2 N–H and O–H groups in total. The van der Waals surface area contributed by atoms with Crippen LogP contribution in [0.2, 0.25) is 0 Å². The lowest BCUT2D eigenvalue weighted by Crippen LogP contribution is -2.12. The van der Waals surface area contributed by atoms with E-state index in [1.165, 1.54) is 0 Å². The number of benzene rings is 1. The van der Waals surface area contributed by atoms with Crippen molar-refractivity contribution in [1.29, 1.82) is 0 Å². The molecule has 0 heterocycles. The number of sulfonamides is 1. The zero-order chi connectivity index (χ0) is 8.32. The van der Waals surface area contributed by atoms with Gasteiger partial charge in [-0.3, -0.25) is 0 Å². The highest BCUT2D eigenvalue weighted by molar-refractivity contribution is 7.91. The van der Waals surface area contributed by atoms with E-state index in [9.17, 15) is 8.42 Å². The molecular formula is C7H8NO2S. The molecule has 59 valence electrons. The molecule has 0 aliphatic carbocycles. The molecule has 1 aromatic carbocycles. The summed E-state index contributed by atoms with van der Waals surface area (Å²) in [7, 11) is -3.50. The first-order valence-corrected chi connectivity index (χ1v) is 4.61. The highest BCUT2D eigenvalue weighted by Crippen LogP contribution is 2.03. The molecule has 3 nitrogen and oxygen atoms in total. The summed E-state index contributed by atoms with van der Waals surface area (Å²) < 4.78 is 21.0. The van der Waals surface area contributed by atoms with Gasteiger partial charge in [-0.25, -0.2) is 13.6 Å². The third-order valence-corrected chi connectivity index (χ3v) is 1.70. The fourth-order valence-corrected chi connectivity index (χ4v) is 1.26.